The first kappa shape index (κ1) is 20.1. The van der Waals surface area contributed by atoms with E-state index in [0.29, 0.717) is 37.5 Å². The molecule has 0 saturated heterocycles. The summed E-state index contributed by atoms with van der Waals surface area (Å²) >= 11 is 0. The van der Waals surface area contributed by atoms with Gasteiger partial charge in [0.15, 0.2) is 0 Å². The van der Waals surface area contributed by atoms with E-state index in [0.717, 1.165) is 31.2 Å². The van der Waals surface area contributed by atoms with Gasteiger partial charge in [-0.3, -0.25) is 9.59 Å². The van der Waals surface area contributed by atoms with E-state index in [2.05, 4.69) is 12.2 Å². The Morgan fingerprint density at radius 1 is 1.23 bits per heavy atom. The number of ether oxygens (including phenoxy) is 2. The number of carboxylic acids is 1. The molecule has 1 amide bonds. The Kier molecular flexibility index (Phi) is 7.75. The summed E-state index contributed by atoms with van der Waals surface area (Å²) in [7, 11) is 1.60. The number of benzene rings is 1. The van der Waals surface area contributed by atoms with Crippen LogP contribution in [0.25, 0.3) is 0 Å². The van der Waals surface area contributed by atoms with Crippen LogP contribution in [-0.4, -0.2) is 30.7 Å². The molecule has 2 atom stereocenters. The van der Waals surface area contributed by atoms with Gasteiger partial charge in [-0.2, -0.15) is 0 Å². The van der Waals surface area contributed by atoms with Gasteiger partial charge in [0.1, 0.15) is 11.5 Å². The largest absolute Gasteiger partial charge is 0.497 e. The highest BCUT2D eigenvalue weighted by Gasteiger charge is 2.35. The molecule has 0 bridgehead atoms. The summed E-state index contributed by atoms with van der Waals surface area (Å²) in [6.45, 7) is 3.01. The first-order chi connectivity index (χ1) is 12.6. The van der Waals surface area contributed by atoms with E-state index >= 15 is 0 Å². The highest BCUT2D eigenvalue weighted by Crippen LogP contribution is 2.31. The van der Waals surface area contributed by atoms with Crippen LogP contribution < -0.4 is 14.8 Å². The van der Waals surface area contributed by atoms with Crippen molar-refractivity contribution in [3.05, 3.63) is 23.8 Å². The molecule has 1 saturated carbocycles. The zero-order chi connectivity index (χ0) is 18.9. The van der Waals surface area contributed by atoms with Gasteiger partial charge < -0.3 is 19.9 Å². The number of nitrogens with one attached hydrogen (secondary N) is 1. The van der Waals surface area contributed by atoms with Crippen molar-refractivity contribution >= 4 is 11.9 Å². The number of amides is 1. The average Bonchev–Trinajstić information content (AvgIpc) is 2.66. The summed E-state index contributed by atoms with van der Waals surface area (Å²) in [6, 6.07) is 5.52. The van der Waals surface area contributed by atoms with Crippen LogP contribution in [0, 0.1) is 11.8 Å². The lowest BCUT2D eigenvalue weighted by molar-refractivity contribution is -0.148. The molecular weight excluding hydrogens is 334 g/mol. The second-order valence-corrected chi connectivity index (χ2v) is 6.73. The molecule has 1 aliphatic carbocycles. The molecule has 1 aromatic carbocycles. The molecule has 0 spiro atoms. The van der Waals surface area contributed by atoms with Crippen LogP contribution in [-0.2, 0) is 16.1 Å². The summed E-state index contributed by atoms with van der Waals surface area (Å²) in [5.74, 6) is -0.713. The Morgan fingerprint density at radius 2 is 1.96 bits per heavy atom. The van der Waals surface area contributed by atoms with Crippen LogP contribution >= 0.6 is 0 Å². The maximum Gasteiger partial charge on any atom is 0.307 e. The summed E-state index contributed by atoms with van der Waals surface area (Å²) in [5, 5.41) is 12.2. The number of hydrogen-bond donors (Lipinski definition) is 2. The minimum atomic E-state index is -0.877. The number of rotatable bonds is 9. The Morgan fingerprint density at radius 3 is 2.62 bits per heavy atom. The second kappa shape index (κ2) is 10.0. The number of hydrogen-bond acceptors (Lipinski definition) is 4. The van der Waals surface area contributed by atoms with Crippen LogP contribution in [0.15, 0.2) is 18.2 Å². The van der Waals surface area contributed by atoms with Crippen LogP contribution in [0.1, 0.15) is 51.0 Å². The standard InChI is InChI=1S/C20H29NO5/c1-3-4-11-26-18-12-15(25-2)10-9-14(18)13-21-19(22)16-7-5-6-8-17(16)20(23)24/h9-10,12,16-17H,3-8,11,13H2,1-2H3,(H,21,22)(H,23,24). The van der Waals surface area contributed by atoms with E-state index in [9.17, 15) is 14.7 Å². The van der Waals surface area contributed by atoms with Gasteiger partial charge in [-0.15, -0.1) is 0 Å². The summed E-state index contributed by atoms with van der Waals surface area (Å²) in [5.41, 5.74) is 0.859. The van der Waals surface area contributed by atoms with Crippen LogP contribution in [0.2, 0.25) is 0 Å². The minimum Gasteiger partial charge on any atom is -0.497 e. The van der Waals surface area contributed by atoms with Crippen LogP contribution in [0.4, 0.5) is 0 Å². The smallest absolute Gasteiger partial charge is 0.307 e. The Labute approximate surface area is 154 Å². The molecule has 1 fully saturated rings. The summed E-state index contributed by atoms with van der Waals surface area (Å²) in [4.78, 5) is 23.9. The van der Waals surface area contributed by atoms with Crippen LogP contribution in [0.5, 0.6) is 11.5 Å². The molecule has 2 N–H and O–H groups in total. The number of carbonyl (C=O) groups excluding carboxylic acids is 1. The molecule has 0 heterocycles. The lowest BCUT2D eigenvalue weighted by atomic mass is 9.78. The first-order valence-electron chi connectivity index (χ1n) is 9.37. The minimum absolute atomic E-state index is 0.188. The van der Waals surface area contributed by atoms with Gasteiger partial charge in [0.05, 0.1) is 25.6 Å². The van der Waals surface area contributed by atoms with Gasteiger partial charge in [0.25, 0.3) is 0 Å². The lowest BCUT2D eigenvalue weighted by Gasteiger charge is -2.27. The number of methoxy groups -OCH3 is 1. The van der Waals surface area contributed by atoms with Crippen molar-refractivity contribution in [3.8, 4) is 11.5 Å². The van der Waals surface area contributed by atoms with Crippen molar-refractivity contribution in [2.75, 3.05) is 13.7 Å². The first-order valence-corrected chi connectivity index (χ1v) is 9.37. The zero-order valence-electron chi connectivity index (χ0n) is 15.6. The maximum atomic E-state index is 12.5. The molecule has 0 aliphatic heterocycles. The number of carbonyl (C=O) groups is 2. The third-order valence-corrected chi connectivity index (χ3v) is 4.90. The highest BCUT2D eigenvalue weighted by atomic mass is 16.5. The van der Waals surface area contributed by atoms with Gasteiger partial charge in [0.2, 0.25) is 5.91 Å². The molecule has 2 rings (SSSR count). The fraction of sp³-hybridized carbons (Fsp3) is 0.600. The van der Waals surface area contributed by atoms with Crippen molar-refractivity contribution < 1.29 is 24.2 Å². The van der Waals surface area contributed by atoms with Crippen molar-refractivity contribution in [2.45, 2.75) is 52.0 Å². The van der Waals surface area contributed by atoms with E-state index in [1.807, 2.05) is 18.2 Å². The van der Waals surface area contributed by atoms with E-state index in [4.69, 9.17) is 9.47 Å². The Bertz CT molecular complexity index is 616. The van der Waals surface area contributed by atoms with Gasteiger partial charge in [-0.1, -0.05) is 26.2 Å². The van der Waals surface area contributed by atoms with E-state index in [-0.39, 0.29) is 5.91 Å². The van der Waals surface area contributed by atoms with Crippen molar-refractivity contribution in [2.24, 2.45) is 11.8 Å². The molecule has 6 heteroatoms. The Balaban J connectivity index is 2.02. The van der Waals surface area contributed by atoms with Crippen molar-refractivity contribution in [1.82, 2.24) is 5.32 Å². The third-order valence-electron chi connectivity index (χ3n) is 4.90. The van der Waals surface area contributed by atoms with Gasteiger partial charge >= 0.3 is 5.97 Å². The predicted octanol–water partition coefficient (Wildman–Crippen LogP) is 3.38. The normalized spacial score (nSPS) is 19.6. The average molecular weight is 363 g/mol. The van der Waals surface area contributed by atoms with Crippen molar-refractivity contribution in [3.63, 3.8) is 0 Å². The number of carboxylic acid groups (broad SMARTS) is 1. The molecule has 144 valence electrons. The van der Waals surface area contributed by atoms with Gasteiger partial charge in [-0.05, 0) is 31.4 Å². The van der Waals surface area contributed by atoms with E-state index in [1.54, 1.807) is 7.11 Å². The predicted molar refractivity (Wildman–Crippen MR) is 98.3 cm³/mol. The molecule has 0 aromatic heterocycles. The van der Waals surface area contributed by atoms with E-state index in [1.165, 1.54) is 0 Å². The summed E-state index contributed by atoms with van der Waals surface area (Å²) < 4.78 is 11.1. The molecule has 0 radical (unpaired) electrons. The van der Waals surface area contributed by atoms with Gasteiger partial charge in [0, 0.05) is 18.2 Å². The Hall–Kier alpha value is -2.24. The SMILES string of the molecule is CCCCOc1cc(OC)ccc1CNC(=O)C1CCCCC1C(=O)O. The maximum absolute atomic E-state index is 12.5. The number of unbranched alkanes of at least 4 members (excludes halogenated alkanes) is 1. The van der Waals surface area contributed by atoms with E-state index < -0.39 is 17.8 Å². The molecule has 26 heavy (non-hydrogen) atoms. The van der Waals surface area contributed by atoms with Gasteiger partial charge in [-0.25, -0.2) is 0 Å². The monoisotopic (exact) mass is 363 g/mol. The zero-order valence-corrected chi connectivity index (χ0v) is 15.6. The fourth-order valence-corrected chi connectivity index (χ4v) is 3.32. The molecular formula is C20H29NO5. The highest BCUT2D eigenvalue weighted by molar-refractivity contribution is 5.84. The molecule has 1 aliphatic rings. The van der Waals surface area contributed by atoms with Crippen molar-refractivity contribution in [1.29, 1.82) is 0 Å². The molecule has 6 nitrogen and oxygen atoms in total. The fourth-order valence-electron chi connectivity index (χ4n) is 3.32. The molecule has 1 aromatic rings. The third kappa shape index (κ3) is 5.38. The second-order valence-electron chi connectivity index (χ2n) is 6.73. The van der Waals surface area contributed by atoms with Crippen LogP contribution in [0.3, 0.4) is 0 Å². The summed E-state index contributed by atoms with van der Waals surface area (Å²) in [6.07, 6.45) is 4.96. The topological polar surface area (TPSA) is 84.9 Å². The lowest BCUT2D eigenvalue weighted by Crippen LogP contribution is -2.39. The molecule has 2 unspecified atom stereocenters. The number of aliphatic carboxylic acids is 1. The quantitative estimate of drug-likeness (QED) is 0.657.